The van der Waals surface area contributed by atoms with Crippen LogP contribution in [0.25, 0.3) is 6.08 Å². The Balaban J connectivity index is 1.63. The molecule has 1 aliphatic rings. The van der Waals surface area contributed by atoms with Crippen LogP contribution in [0, 0.1) is 0 Å². The number of nitrogens with one attached hydrogen (secondary N) is 1. The second-order valence-corrected chi connectivity index (χ2v) is 8.22. The Bertz CT molecular complexity index is 955. The van der Waals surface area contributed by atoms with Crippen molar-refractivity contribution in [1.29, 1.82) is 0 Å². The maximum Gasteiger partial charge on any atom is 0.344 e. The summed E-state index contributed by atoms with van der Waals surface area (Å²) < 4.78 is 10.4. The Hall–Kier alpha value is -2.69. The summed E-state index contributed by atoms with van der Waals surface area (Å²) in [6.45, 7) is 1.85. The molecule has 150 valence electrons. The van der Waals surface area contributed by atoms with E-state index in [1.54, 1.807) is 54.8 Å². The average Bonchev–Trinajstić information content (AvgIpc) is 3.33. The summed E-state index contributed by atoms with van der Waals surface area (Å²) in [6.07, 6.45) is 1.67. The number of benzene rings is 1. The molecule has 1 fully saturated rings. The van der Waals surface area contributed by atoms with E-state index in [2.05, 4.69) is 5.43 Å². The molecule has 2 aromatic rings. The van der Waals surface area contributed by atoms with Crippen LogP contribution >= 0.6 is 35.3 Å². The van der Waals surface area contributed by atoms with Gasteiger partial charge in [-0.2, -0.15) is 5.01 Å². The van der Waals surface area contributed by atoms with E-state index in [0.717, 1.165) is 22.3 Å². The summed E-state index contributed by atoms with van der Waals surface area (Å²) in [7, 11) is 0. The molecule has 1 aromatic carbocycles. The van der Waals surface area contributed by atoms with E-state index in [1.165, 1.54) is 11.3 Å². The van der Waals surface area contributed by atoms with Crippen LogP contribution in [0.3, 0.4) is 0 Å². The van der Waals surface area contributed by atoms with Crippen molar-refractivity contribution in [3.63, 3.8) is 0 Å². The number of nitrogens with zero attached hydrogens (tertiary/aromatic N) is 1. The van der Waals surface area contributed by atoms with Crippen molar-refractivity contribution < 1.29 is 23.9 Å². The van der Waals surface area contributed by atoms with Crippen molar-refractivity contribution >= 4 is 63.5 Å². The third-order valence-electron chi connectivity index (χ3n) is 3.59. The van der Waals surface area contributed by atoms with Crippen LogP contribution in [0.4, 0.5) is 0 Å². The van der Waals surface area contributed by atoms with Gasteiger partial charge < -0.3 is 9.47 Å². The van der Waals surface area contributed by atoms with Gasteiger partial charge in [0.1, 0.15) is 5.75 Å². The minimum absolute atomic E-state index is 0.171. The highest BCUT2D eigenvalue weighted by Crippen LogP contribution is 2.31. The molecule has 2 amide bonds. The quantitative estimate of drug-likeness (QED) is 0.395. The fraction of sp³-hybridized carbons (Fsp3) is 0.158. The summed E-state index contributed by atoms with van der Waals surface area (Å²) in [6, 6.07) is 10.3. The topological polar surface area (TPSA) is 84.9 Å². The molecular formula is C19H16N2O5S3. The van der Waals surface area contributed by atoms with E-state index >= 15 is 0 Å². The number of hydrazine groups is 1. The molecule has 0 aliphatic carbocycles. The molecule has 0 atom stereocenters. The molecule has 0 radical (unpaired) electrons. The second-order valence-electron chi connectivity index (χ2n) is 5.60. The number of thioether (sulfide) groups is 1. The van der Waals surface area contributed by atoms with E-state index in [0.29, 0.717) is 22.1 Å². The van der Waals surface area contributed by atoms with Crippen LogP contribution in [0.5, 0.6) is 5.75 Å². The molecule has 7 nitrogen and oxygen atoms in total. The van der Waals surface area contributed by atoms with Crippen molar-refractivity contribution in [1.82, 2.24) is 10.4 Å². The molecule has 29 heavy (non-hydrogen) atoms. The van der Waals surface area contributed by atoms with Gasteiger partial charge in [0, 0.05) is 0 Å². The number of thiocarbonyl (C=S) groups is 1. The van der Waals surface area contributed by atoms with E-state index in [-0.39, 0.29) is 16.8 Å². The summed E-state index contributed by atoms with van der Waals surface area (Å²) in [5.41, 5.74) is 3.28. The van der Waals surface area contributed by atoms with Crippen LogP contribution in [-0.2, 0) is 14.3 Å². The first-order chi connectivity index (χ1) is 14.0. The number of carbonyl (C=O) groups is 3. The van der Waals surface area contributed by atoms with Gasteiger partial charge in [-0.25, -0.2) is 4.79 Å². The normalized spacial score (nSPS) is 14.9. The number of amides is 2. The number of thiophene rings is 1. The van der Waals surface area contributed by atoms with E-state index < -0.39 is 11.9 Å². The second kappa shape index (κ2) is 9.68. The van der Waals surface area contributed by atoms with Crippen LogP contribution in [0.2, 0.25) is 0 Å². The van der Waals surface area contributed by atoms with Gasteiger partial charge in [-0.1, -0.05) is 30.0 Å². The number of ether oxygens (including phenoxy) is 2. The van der Waals surface area contributed by atoms with E-state index in [9.17, 15) is 14.4 Å². The lowest BCUT2D eigenvalue weighted by Crippen LogP contribution is -2.44. The molecule has 1 N–H and O–H groups in total. The lowest BCUT2D eigenvalue weighted by Gasteiger charge is -2.14. The Morgan fingerprint density at radius 2 is 2.00 bits per heavy atom. The first-order valence-electron chi connectivity index (χ1n) is 8.49. The maximum atomic E-state index is 12.6. The first kappa shape index (κ1) is 21.0. The molecular weight excluding hydrogens is 432 g/mol. The van der Waals surface area contributed by atoms with Crippen LogP contribution in [0.15, 0.2) is 46.7 Å². The minimum atomic E-state index is -0.440. The molecule has 2 heterocycles. The van der Waals surface area contributed by atoms with Crippen LogP contribution in [0.1, 0.15) is 22.2 Å². The molecule has 10 heteroatoms. The lowest BCUT2D eigenvalue weighted by atomic mass is 10.2. The van der Waals surface area contributed by atoms with Gasteiger partial charge >= 0.3 is 5.97 Å². The van der Waals surface area contributed by atoms with Crippen molar-refractivity contribution in [3.8, 4) is 5.75 Å². The molecule has 0 spiro atoms. The SMILES string of the molecule is CCOC(=O)COc1ccc(/C=C2\SC(=S)N(NC(=O)c3cccs3)C2=O)cc1. The Kier molecular flexibility index (Phi) is 7.02. The van der Waals surface area contributed by atoms with Crippen LogP contribution in [-0.4, -0.2) is 40.3 Å². The van der Waals surface area contributed by atoms with Gasteiger partial charge in [-0.15, -0.1) is 11.3 Å². The molecule has 0 saturated carbocycles. The van der Waals surface area contributed by atoms with Crippen LogP contribution < -0.4 is 10.2 Å². The number of esters is 1. The fourth-order valence-corrected chi connectivity index (χ4v) is 4.08. The van der Waals surface area contributed by atoms with Gasteiger partial charge in [-0.05, 0) is 54.4 Å². The molecule has 1 aliphatic heterocycles. The largest absolute Gasteiger partial charge is 0.482 e. The zero-order chi connectivity index (χ0) is 20.8. The Morgan fingerprint density at radius 3 is 2.66 bits per heavy atom. The summed E-state index contributed by atoms with van der Waals surface area (Å²) in [4.78, 5) is 37.0. The predicted molar refractivity (Wildman–Crippen MR) is 115 cm³/mol. The van der Waals surface area contributed by atoms with Crippen molar-refractivity contribution in [3.05, 3.63) is 57.1 Å². The van der Waals surface area contributed by atoms with Gasteiger partial charge in [0.05, 0.1) is 16.4 Å². The third kappa shape index (κ3) is 5.43. The van der Waals surface area contributed by atoms with Crippen molar-refractivity contribution in [2.45, 2.75) is 6.92 Å². The average molecular weight is 449 g/mol. The molecule has 1 aromatic heterocycles. The smallest absolute Gasteiger partial charge is 0.344 e. The highest BCUT2D eigenvalue weighted by Gasteiger charge is 2.33. The fourth-order valence-electron chi connectivity index (χ4n) is 2.29. The summed E-state index contributed by atoms with van der Waals surface area (Å²) >= 11 is 7.59. The predicted octanol–water partition coefficient (Wildman–Crippen LogP) is 3.24. The minimum Gasteiger partial charge on any atom is -0.482 e. The van der Waals surface area contributed by atoms with E-state index in [1.807, 2.05) is 0 Å². The number of hydrogen-bond acceptors (Lipinski definition) is 8. The Morgan fingerprint density at radius 1 is 1.24 bits per heavy atom. The van der Waals surface area contributed by atoms with Gasteiger partial charge in [0.15, 0.2) is 10.9 Å². The van der Waals surface area contributed by atoms with Gasteiger partial charge in [0.2, 0.25) is 0 Å². The molecule has 0 bridgehead atoms. The maximum absolute atomic E-state index is 12.6. The number of hydrogen-bond donors (Lipinski definition) is 1. The van der Waals surface area contributed by atoms with E-state index in [4.69, 9.17) is 21.7 Å². The molecule has 1 saturated heterocycles. The number of carbonyl (C=O) groups excluding carboxylic acids is 3. The highest BCUT2D eigenvalue weighted by atomic mass is 32.2. The number of rotatable bonds is 7. The summed E-state index contributed by atoms with van der Waals surface area (Å²) in [5, 5.41) is 2.85. The molecule has 0 unspecified atom stereocenters. The van der Waals surface area contributed by atoms with Gasteiger partial charge in [0.25, 0.3) is 11.8 Å². The zero-order valence-electron chi connectivity index (χ0n) is 15.2. The van der Waals surface area contributed by atoms with Crippen molar-refractivity contribution in [2.75, 3.05) is 13.2 Å². The molecule has 3 rings (SSSR count). The third-order valence-corrected chi connectivity index (χ3v) is 5.76. The monoisotopic (exact) mass is 448 g/mol. The van der Waals surface area contributed by atoms with Gasteiger partial charge in [-0.3, -0.25) is 15.0 Å². The standard InChI is InChI=1S/C19H16N2O5S3/c1-2-25-16(22)11-26-13-7-5-12(6-8-13)10-15-18(24)21(19(27)29-15)20-17(23)14-4-3-9-28-14/h3-10H,2,11H2,1H3,(H,20,23)/b15-10-. The zero-order valence-corrected chi connectivity index (χ0v) is 17.7. The van der Waals surface area contributed by atoms with Crippen molar-refractivity contribution in [2.24, 2.45) is 0 Å². The highest BCUT2D eigenvalue weighted by molar-refractivity contribution is 8.26. The lowest BCUT2D eigenvalue weighted by molar-refractivity contribution is -0.145. The Labute approximate surface area is 180 Å². The first-order valence-corrected chi connectivity index (χ1v) is 10.6. The summed E-state index contributed by atoms with van der Waals surface area (Å²) in [5.74, 6) is -0.719.